The van der Waals surface area contributed by atoms with Crippen LogP contribution in [0.4, 0.5) is 0 Å². The zero-order valence-corrected chi connectivity index (χ0v) is 20.8. The quantitative estimate of drug-likeness (QED) is 0.330. The fraction of sp³-hybridized carbons (Fsp3) is 0.259. The predicted molar refractivity (Wildman–Crippen MR) is 137 cm³/mol. The van der Waals surface area contributed by atoms with Gasteiger partial charge in [0.25, 0.3) is 0 Å². The predicted octanol–water partition coefficient (Wildman–Crippen LogP) is 4.78. The van der Waals surface area contributed by atoms with Crippen LogP contribution >= 0.6 is 0 Å². The summed E-state index contributed by atoms with van der Waals surface area (Å²) in [6.07, 6.45) is 4.23. The maximum atomic E-state index is 13.3. The van der Waals surface area contributed by atoms with Crippen LogP contribution in [0.1, 0.15) is 38.8 Å². The molecule has 0 fully saturated rings. The molecule has 0 aliphatic carbocycles. The summed E-state index contributed by atoms with van der Waals surface area (Å²) in [6.45, 7) is 7.64. The van der Waals surface area contributed by atoms with Crippen LogP contribution in [-0.4, -0.2) is 35.5 Å². The summed E-state index contributed by atoms with van der Waals surface area (Å²) in [5.74, 6) is -0.814. The molecule has 186 valence electrons. The SMILES string of the molecule is CC(C)=CCc1c(O)c(CC=C(C)C)c2oc(-c3ccc(-c4nnn(C)n4)cc3)c(O)c(=O)c2c1O. The van der Waals surface area contributed by atoms with Gasteiger partial charge in [0.1, 0.15) is 22.5 Å². The number of hydrogen-bond acceptors (Lipinski definition) is 8. The molecule has 9 nitrogen and oxygen atoms in total. The Hall–Kier alpha value is -4.40. The minimum atomic E-state index is -0.777. The van der Waals surface area contributed by atoms with Gasteiger partial charge in [-0.05, 0) is 45.7 Å². The fourth-order valence-corrected chi connectivity index (χ4v) is 3.87. The topological polar surface area (TPSA) is 134 Å². The molecule has 0 bridgehead atoms. The Morgan fingerprint density at radius 1 is 0.889 bits per heavy atom. The molecule has 4 aromatic rings. The van der Waals surface area contributed by atoms with Crippen molar-refractivity contribution in [2.45, 2.75) is 40.5 Å². The minimum Gasteiger partial charge on any atom is -0.507 e. The lowest BCUT2D eigenvalue weighted by Gasteiger charge is -2.15. The number of rotatable bonds is 6. The molecular formula is C27H28N4O5. The van der Waals surface area contributed by atoms with E-state index >= 15 is 0 Å². The number of hydrogen-bond donors (Lipinski definition) is 3. The third kappa shape index (κ3) is 4.59. The van der Waals surface area contributed by atoms with Crippen molar-refractivity contribution in [3.05, 3.63) is 68.9 Å². The van der Waals surface area contributed by atoms with E-state index in [0.717, 1.165) is 11.1 Å². The second-order valence-electron chi connectivity index (χ2n) is 9.12. The van der Waals surface area contributed by atoms with Crippen molar-refractivity contribution < 1.29 is 19.7 Å². The summed E-state index contributed by atoms with van der Waals surface area (Å²) in [4.78, 5) is 14.7. The maximum Gasteiger partial charge on any atom is 0.238 e. The molecule has 36 heavy (non-hydrogen) atoms. The van der Waals surface area contributed by atoms with E-state index in [2.05, 4.69) is 15.4 Å². The van der Waals surface area contributed by atoms with Gasteiger partial charge in [-0.1, -0.05) is 47.6 Å². The van der Waals surface area contributed by atoms with Gasteiger partial charge in [-0.3, -0.25) is 4.79 Å². The second-order valence-corrected chi connectivity index (χ2v) is 9.12. The lowest BCUT2D eigenvalue weighted by Crippen LogP contribution is -2.07. The van der Waals surface area contributed by atoms with Crippen LogP contribution in [0.3, 0.4) is 0 Å². The molecule has 3 N–H and O–H groups in total. The van der Waals surface area contributed by atoms with E-state index in [9.17, 15) is 20.1 Å². The fourth-order valence-electron chi connectivity index (χ4n) is 3.87. The Bertz CT molecular complexity index is 1570. The Labute approximate surface area is 207 Å². The third-order valence-electron chi connectivity index (χ3n) is 5.80. The van der Waals surface area contributed by atoms with E-state index in [1.165, 1.54) is 4.80 Å². The highest BCUT2D eigenvalue weighted by Gasteiger charge is 2.25. The average molecular weight is 489 g/mol. The van der Waals surface area contributed by atoms with Gasteiger partial charge in [0.05, 0.1) is 7.05 Å². The van der Waals surface area contributed by atoms with Crippen molar-refractivity contribution in [3.8, 4) is 40.0 Å². The van der Waals surface area contributed by atoms with Crippen LogP contribution in [-0.2, 0) is 19.9 Å². The Morgan fingerprint density at radius 2 is 1.47 bits per heavy atom. The first kappa shape index (κ1) is 24.7. The summed E-state index contributed by atoms with van der Waals surface area (Å²) in [7, 11) is 1.66. The Balaban J connectivity index is 1.95. The van der Waals surface area contributed by atoms with Crippen LogP contribution in [0.2, 0.25) is 0 Å². The number of phenols is 2. The summed E-state index contributed by atoms with van der Waals surface area (Å²) >= 11 is 0. The first-order chi connectivity index (χ1) is 17.1. The van der Waals surface area contributed by atoms with Crippen LogP contribution < -0.4 is 5.43 Å². The average Bonchev–Trinajstić information content (AvgIpc) is 3.26. The van der Waals surface area contributed by atoms with E-state index < -0.39 is 16.9 Å². The van der Waals surface area contributed by atoms with Gasteiger partial charge in [0, 0.05) is 22.3 Å². The lowest BCUT2D eigenvalue weighted by molar-refractivity contribution is 0.430. The van der Waals surface area contributed by atoms with E-state index in [4.69, 9.17) is 4.42 Å². The van der Waals surface area contributed by atoms with Gasteiger partial charge >= 0.3 is 0 Å². The minimum absolute atomic E-state index is 0.0286. The molecule has 0 amide bonds. The molecule has 0 saturated heterocycles. The number of aromatic hydroxyl groups is 3. The van der Waals surface area contributed by atoms with Gasteiger partial charge in [-0.2, -0.15) is 4.80 Å². The number of tetrazole rings is 1. The molecule has 0 unspecified atom stereocenters. The van der Waals surface area contributed by atoms with Crippen molar-refractivity contribution >= 4 is 11.0 Å². The molecule has 0 spiro atoms. The van der Waals surface area contributed by atoms with Crippen molar-refractivity contribution in [1.82, 2.24) is 20.2 Å². The molecule has 9 heteroatoms. The second kappa shape index (κ2) is 9.69. The molecule has 0 atom stereocenters. The molecule has 0 aliphatic heterocycles. The van der Waals surface area contributed by atoms with Gasteiger partial charge in [-0.15, -0.1) is 10.2 Å². The first-order valence-electron chi connectivity index (χ1n) is 11.4. The number of nitrogens with zero attached hydrogens (tertiary/aromatic N) is 4. The largest absolute Gasteiger partial charge is 0.507 e. The number of aromatic nitrogens is 4. The van der Waals surface area contributed by atoms with Crippen LogP contribution in [0, 0.1) is 0 Å². The normalized spacial score (nSPS) is 11.0. The number of allylic oxidation sites excluding steroid dienone is 4. The number of fused-ring (bicyclic) bond motifs is 1. The van der Waals surface area contributed by atoms with E-state index in [-0.39, 0.29) is 40.9 Å². The molecular weight excluding hydrogens is 460 g/mol. The summed E-state index contributed by atoms with van der Waals surface area (Å²) < 4.78 is 6.05. The van der Waals surface area contributed by atoms with Gasteiger partial charge in [0.15, 0.2) is 5.76 Å². The summed E-state index contributed by atoms with van der Waals surface area (Å²) in [5, 5.41) is 44.7. The van der Waals surface area contributed by atoms with E-state index in [1.54, 1.807) is 31.3 Å². The van der Waals surface area contributed by atoms with Crippen molar-refractivity contribution in [2.24, 2.45) is 7.05 Å². The van der Waals surface area contributed by atoms with Crippen molar-refractivity contribution in [1.29, 1.82) is 0 Å². The van der Waals surface area contributed by atoms with Crippen LogP contribution in [0.15, 0.2) is 56.8 Å². The van der Waals surface area contributed by atoms with E-state index in [0.29, 0.717) is 22.5 Å². The maximum absolute atomic E-state index is 13.3. The number of aryl methyl sites for hydroxylation is 1. The molecule has 0 radical (unpaired) electrons. The van der Waals surface area contributed by atoms with Crippen LogP contribution in [0.5, 0.6) is 17.2 Å². The first-order valence-corrected chi connectivity index (χ1v) is 11.4. The number of phenolic OH excluding ortho intramolecular Hbond substituents is 2. The smallest absolute Gasteiger partial charge is 0.238 e. The zero-order chi connectivity index (χ0) is 26.1. The molecule has 0 saturated carbocycles. The Morgan fingerprint density at radius 3 is 2.03 bits per heavy atom. The van der Waals surface area contributed by atoms with Crippen molar-refractivity contribution in [3.63, 3.8) is 0 Å². The molecule has 4 rings (SSSR count). The highest BCUT2D eigenvalue weighted by molar-refractivity contribution is 5.93. The van der Waals surface area contributed by atoms with Gasteiger partial charge < -0.3 is 19.7 Å². The molecule has 2 heterocycles. The molecule has 2 aromatic heterocycles. The monoisotopic (exact) mass is 488 g/mol. The summed E-state index contributed by atoms with van der Waals surface area (Å²) in [6, 6.07) is 6.76. The molecule has 2 aromatic carbocycles. The van der Waals surface area contributed by atoms with Crippen LogP contribution in [0.25, 0.3) is 33.7 Å². The number of benzene rings is 2. The summed E-state index contributed by atoms with van der Waals surface area (Å²) in [5.41, 5.74) is 2.95. The third-order valence-corrected chi connectivity index (χ3v) is 5.80. The van der Waals surface area contributed by atoms with E-state index in [1.807, 2.05) is 39.8 Å². The van der Waals surface area contributed by atoms with Crippen molar-refractivity contribution in [2.75, 3.05) is 0 Å². The van der Waals surface area contributed by atoms with Gasteiger partial charge in [-0.25, -0.2) is 0 Å². The van der Waals surface area contributed by atoms with Gasteiger partial charge in [0.2, 0.25) is 17.0 Å². The highest BCUT2D eigenvalue weighted by Crippen LogP contribution is 2.42. The zero-order valence-electron chi connectivity index (χ0n) is 20.8. The molecule has 0 aliphatic rings. The lowest BCUT2D eigenvalue weighted by atomic mass is 9.96. The Kier molecular flexibility index (Phi) is 6.65. The highest BCUT2D eigenvalue weighted by atomic mass is 16.4. The standard InChI is InChI=1S/C27H28N4O5/c1-14(2)6-12-18-21(32)19(13-7-15(3)4)26-20(22(18)33)23(34)24(35)25(36-26)16-8-10-17(11-9-16)27-28-30-31(5)29-27/h6-11,32-33,35H,12-13H2,1-5H3.